The molecule has 0 fully saturated rings. The summed E-state index contributed by atoms with van der Waals surface area (Å²) in [4.78, 5) is 9.98. The highest BCUT2D eigenvalue weighted by molar-refractivity contribution is 5.63. The standard InChI is InChI=1S/C12H13F3N2O2/c1-3-4-8(2)16-10-6-5-9(12(13,14)15)7-11(10)17(18)19/h3,5-8,16H,1,4H2,2H3. The molecule has 1 rings (SSSR count). The monoisotopic (exact) mass is 274 g/mol. The zero-order chi connectivity index (χ0) is 14.6. The average molecular weight is 274 g/mol. The molecule has 7 heteroatoms. The van der Waals surface area contributed by atoms with E-state index >= 15 is 0 Å². The molecule has 0 aliphatic carbocycles. The number of anilines is 1. The first-order valence-electron chi connectivity index (χ1n) is 5.48. The second-order valence-corrected chi connectivity index (χ2v) is 4.06. The van der Waals surface area contributed by atoms with E-state index in [0.29, 0.717) is 12.5 Å². The van der Waals surface area contributed by atoms with E-state index in [-0.39, 0.29) is 11.7 Å². The van der Waals surface area contributed by atoms with Crippen LogP contribution in [-0.4, -0.2) is 11.0 Å². The molecule has 1 atom stereocenters. The molecule has 0 radical (unpaired) electrons. The number of nitro groups is 1. The van der Waals surface area contributed by atoms with Gasteiger partial charge in [0.25, 0.3) is 5.69 Å². The number of nitrogens with zero attached hydrogens (tertiary/aromatic N) is 1. The van der Waals surface area contributed by atoms with Gasteiger partial charge in [0.1, 0.15) is 5.69 Å². The number of benzene rings is 1. The summed E-state index contributed by atoms with van der Waals surface area (Å²) in [6.07, 6.45) is -2.44. The number of nitrogens with one attached hydrogen (secondary N) is 1. The summed E-state index contributed by atoms with van der Waals surface area (Å²) in [6.45, 7) is 5.28. The summed E-state index contributed by atoms with van der Waals surface area (Å²) in [7, 11) is 0. The molecule has 0 heterocycles. The van der Waals surface area contributed by atoms with Crippen molar-refractivity contribution in [2.45, 2.75) is 25.6 Å². The van der Waals surface area contributed by atoms with Gasteiger partial charge in [-0.3, -0.25) is 10.1 Å². The third-order valence-corrected chi connectivity index (χ3v) is 2.44. The van der Waals surface area contributed by atoms with Gasteiger partial charge in [-0.25, -0.2) is 0 Å². The Balaban J connectivity index is 3.12. The molecule has 1 N–H and O–H groups in total. The highest BCUT2D eigenvalue weighted by Gasteiger charge is 2.33. The van der Waals surface area contributed by atoms with Crippen LogP contribution < -0.4 is 5.32 Å². The minimum Gasteiger partial charge on any atom is -0.377 e. The Morgan fingerprint density at radius 3 is 2.63 bits per heavy atom. The van der Waals surface area contributed by atoms with Crippen molar-refractivity contribution in [2.24, 2.45) is 0 Å². The quantitative estimate of drug-likeness (QED) is 0.501. The lowest BCUT2D eigenvalue weighted by molar-refractivity contribution is -0.384. The van der Waals surface area contributed by atoms with Gasteiger partial charge >= 0.3 is 6.18 Å². The van der Waals surface area contributed by atoms with Crippen LogP contribution in [0.15, 0.2) is 30.9 Å². The van der Waals surface area contributed by atoms with Crippen molar-refractivity contribution in [1.82, 2.24) is 0 Å². The van der Waals surface area contributed by atoms with Gasteiger partial charge in [-0.15, -0.1) is 6.58 Å². The molecule has 0 aliphatic rings. The number of nitro benzene ring substituents is 1. The Labute approximate surface area is 108 Å². The van der Waals surface area contributed by atoms with E-state index in [4.69, 9.17) is 0 Å². The minimum absolute atomic E-state index is 0.0624. The fraction of sp³-hybridized carbons (Fsp3) is 0.333. The van der Waals surface area contributed by atoms with Gasteiger partial charge < -0.3 is 5.32 Å². The van der Waals surface area contributed by atoms with Gasteiger partial charge in [0, 0.05) is 12.1 Å². The smallest absolute Gasteiger partial charge is 0.377 e. The Bertz CT molecular complexity index is 486. The summed E-state index contributed by atoms with van der Waals surface area (Å²) < 4.78 is 37.5. The average Bonchev–Trinajstić information content (AvgIpc) is 2.27. The van der Waals surface area contributed by atoms with Gasteiger partial charge in [0.05, 0.1) is 10.5 Å². The predicted molar refractivity (Wildman–Crippen MR) is 66.0 cm³/mol. The topological polar surface area (TPSA) is 55.2 Å². The Kier molecular flexibility index (Phi) is 4.52. The second kappa shape index (κ2) is 5.73. The third kappa shape index (κ3) is 3.97. The summed E-state index contributed by atoms with van der Waals surface area (Å²) in [5.41, 5.74) is -1.57. The highest BCUT2D eigenvalue weighted by Crippen LogP contribution is 2.35. The minimum atomic E-state index is -4.60. The van der Waals surface area contributed by atoms with E-state index < -0.39 is 22.4 Å². The number of hydrogen-bond acceptors (Lipinski definition) is 3. The van der Waals surface area contributed by atoms with Gasteiger partial charge in [0.15, 0.2) is 0 Å². The van der Waals surface area contributed by atoms with Crippen LogP contribution in [0.2, 0.25) is 0 Å². The van der Waals surface area contributed by atoms with Crippen molar-refractivity contribution < 1.29 is 18.1 Å². The molecule has 0 spiro atoms. The molecule has 1 aromatic carbocycles. The van der Waals surface area contributed by atoms with E-state index in [2.05, 4.69) is 11.9 Å². The Morgan fingerprint density at radius 2 is 2.16 bits per heavy atom. The van der Waals surface area contributed by atoms with Crippen molar-refractivity contribution in [3.05, 3.63) is 46.5 Å². The van der Waals surface area contributed by atoms with E-state index in [9.17, 15) is 23.3 Å². The second-order valence-electron chi connectivity index (χ2n) is 4.06. The molecule has 19 heavy (non-hydrogen) atoms. The summed E-state index contributed by atoms with van der Waals surface area (Å²) in [6, 6.07) is 2.26. The number of halogens is 3. The van der Waals surface area contributed by atoms with Crippen LogP contribution in [0, 0.1) is 10.1 Å². The maximum Gasteiger partial charge on any atom is 0.416 e. The van der Waals surface area contributed by atoms with Crippen molar-refractivity contribution in [3.63, 3.8) is 0 Å². The molecular weight excluding hydrogens is 261 g/mol. The van der Waals surface area contributed by atoms with Crippen LogP contribution in [0.25, 0.3) is 0 Å². The predicted octanol–water partition coefficient (Wildman–Crippen LogP) is 3.99. The third-order valence-electron chi connectivity index (χ3n) is 2.44. The summed E-state index contributed by atoms with van der Waals surface area (Å²) in [5.74, 6) is 0. The molecule has 0 amide bonds. The Morgan fingerprint density at radius 1 is 1.53 bits per heavy atom. The first-order valence-corrected chi connectivity index (χ1v) is 5.48. The maximum absolute atomic E-state index is 12.5. The molecule has 104 valence electrons. The van der Waals surface area contributed by atoms with Gasteiger partial charge in [0.2, 0.25) is 0 Å². The molecule has 0 bridgehead atoms. The van der Waals surface area contributed by atoms with Crippen LogP contribution in [0.4, 0.5) is 24.5 Å². The van der Waals surface area contributed by atoms with Crippen molar-refractivity contribution in [1.29, 1.82) is 0 Å². The SMILES string of the molecule is C=CCC(C)Nc1ccc(C(F)(F)F)cc1[N+](=O)[O-]. The molecule has 4 nitrogen and oxygen atoms in total. The lowest BCUT2D eigenvalue weighted by atomic mass is 10.1. The molecule has 1 unspecified atom stereocenters. The van der Waals surface area contributed by atoms with Crippen molar-refractivity contribution in [2.75, 3.05) is 5.32 Å². The molecule has 0 saturated heterocycles. The van der Waals surface area contributed by atoms with E-state index in [0.717, 1.165) is 12.1 Å². The first kappa shape index (κ1) is 15.0. The molecule has 0 aliphatic heterocycles. The first-order chi connectivity index (χ1) is 8.75. The molecule has 1 aromatic rings. The molecule has 0 saturated carbocycles. The van der Waals surface area contributed by atoms with Crippen LogP contribution in [0.1, 0.15) is 18.9 Å². The fourth-order valence-corrected chi connectivity index (χ4v) is 1.56. The lowest BCUT2D eigenvalue weighted by Crippen LogP contribution is -2.15. The maximum atomic E-state index is 12.5. The van der Waals surface area contributed by atoms with Crippen LogP contribution in [0.5, 0.6) is 0 Å². The van der Waals surface area contributed by atoms with E-state index in [1.807, 2.05) is 0 Å². The van der Waals surface area contributed by atoms with Crippen molar-refractivity contribution >= 4 is 11.4 Å². The fourth-order valence-electron chi connectivity index (χ4n) is 1.56. The van der Waals surface area contributed by atoms with E-state index in [1.165, 1.54) is 0 Å². The number of hydrogen-bond donors (Lipinski definition) is 1. The summed E-state index contributed by atoms with van der Waals surface area (Å²) in [5, 5.41) is 13.6. The van der Waals surface area contributed by atoms with Crippen molar-refractivity contribution in [3.8, 4) is 0 Å². The van der Waals surface area contributed by atoms with Crippen LogP contribution in [0.3, 0.4) is 0 Å². The zero-order valence-corrected chi connectivity index (χ0v) is 10.2. The van der Waals surface area contributed by atoms with Gasteiger partial charge in [-0.05, 0) is 25.5 Å². The van der Waals surface area contributed by atoms with Crippen LogP contribution >= 0.6 is 0 Å². The number of rotatable bonds is 5. The normalized spacial score (nSPS) is 12.8. The summed E-state index contributed by atoms with van der Waals surface area (Å²) >= 11 is 0. The lowest BCUT2D eigenvalue weighted by Gasteiger charge is -2.14. The number of alkyl halides is 3. The highest BCUT2D eigenvalue weighted by atomic mass is 19.4. The van der Waals surface area contributed by atoms with Crippen LogP contribution in [-0.2, 0) is 6.18 Å². The van der Waals surface area contributed by atoms with Gasteiger partial charge in [-0.1, -0.05) is 6.08 Å². The zero-order valence-electron chi connectivity index (χ0n) is 10.2. The van der Waals surface area contributed by atoms with Gasteiger partial charge in [-0.2, -0.15) is 13.2 Å². The Hall–Kier alpha value is -2.05. The van der Waals surface area contributed by atoms with E-state index in [1.54, 1.807) is 13.0 Å². The molecule has 0 aromatic heterocycles. The largest absolute Gasteiger partial charge is 0.416 e. The molecular formula is C12H13F3N2O2.